The van der Waals surface area contributed by atoms with Crippen molar-refractivity contribution in [1.29, 1.82) is 0 Å². The second kappa shape index (κ2) is 6.99. The van der Waals surface area contributed by atoms with Gasteiger partial charge in [0, 0.05) is 11.6 Å². The Kier molecular flexibility index (Phi) is 5.06. The van der Waals surface area contributed by atoms with Gasteiger partial charge in [-0.15, -0.1) is 0 Å². The largest absolute Gasteiger partial charge is 0.459 e. The van der Waals surface area contributed by atoms with E-state index in [1.807, 2.05) is 39.0 Å². The first-order chi connectivity index (χ1) is 12.2. The van der Waals surface area contributed by atoms with Crippen LogP contribution in [0.1, 0.15) is 57.1 Å². The highest BCUT2D eigenvalue weighted by Crippen LogP contribution is 2.51. The Bertz CT molecular complexity index is 713. The molecule has 1 aromatic rings. The number of carbonyl (C=O) groups excluding carboxylic acids is 2. The topological polar surface area (TPSA) is 67.4 Å². The van der Waals surface area contributed by atoms with Crippen molar-refractivity contribution in [2.75, 3.05) is 18.4 Å². The highest BCUT2D eigenvalue weighted by Gasteiger charge is 2.53. The summed E-state index contributed by atoms with van der Waals surface area (Å²) in [6.07, 6.45) is 2.47. The SMILES string of the molecule is CC(C)(C)OC(=O)CNCCc1ccc2c(c1)NC(=O)C1(F)CCCC21. The number of anilines is 1. The standard InChI is InChI=1S/C20H27FN2O3/c1-19(2,3)26-17(24)12-22-10-8-13-6-7-14-15-5-4-9-20(15,21)18(25)23-16(14)11-13/h6-7,11,15,22H,4-5,8-10,12H2,1-3H3,(H,23,25). The lowest BCUT2D eigenvalue weighted by Gasteiger charge is -2.33. The molecule has 0 aromatic heterocycles. The van der Waals surface area contributed by atoms with E-state index in [-0.39, 0.29) is 18.4 Å². The lowest BCUT2D eigenvalue weighted by molar-refractivity contribution is -0.153. The number of fused-ring (bicyclic) bond motifs is 3. The van der Waals surface area contributed by atoms with Crippen LogP contribution in [0.25, 0.3) is 0 Å². The molecule has 2 atom stereocenters. The maximum absolute atomic E-state index is 14.9. The fourth-order valence-corrected chi connectivity index (χ4v) is 3.84. The van der Waals surface area contributed by atoms with Crippen LogP contribution in [0.2, 0.25) is 0 Å². The summed E-state index contributed by atoms with van der Waals surface area (Å²) in [5.41, 5.74) is 0.421. The van der Waals surface area contributed by atoms with E-state index in [9.17, 15) is 14.0 Å². The summed E-state index contributed by atoms with van der Waals surface area (Å²) in [5.74, 6) is -1.12. The van der Waals surface area contributed by atoms with Crippen molar-refractivity contribution in [2.24, 2.45) is 0 Å². The van der Waals surface area contributed by atoms with E-state index in [0.29, 0.717) is 25.8 Å². The number of ether oxygens (including phenoxy) is 1. The third-order valence-electron chi connectivity index (χ3n) is 4.98. The molecule has 0 spiro atoms. The lowest BCUT2D eigenvalue weighted by Crippen LogP contribution is -2.44. The number of rotatable bonds is 5. The molecule has 2 unspecified atom stereocenters. The van der Waals surface area contributed by atoms with Gasteiger partial charge in [0.25, 0.3) is 5.91 Å². The van der Waals surface area contributed by atoms with Crippen LogP contribution in [0.4, 0.5) is 10.1 Å². The van der Waals surface area contributed by atoms with Crippen LogP contribution < -0.4 is 10.6 Å². The first-order valence-electron chi connectivity index (χ1n) is 9.25. The molecule has 1 saturated carbocycles. The van der Waals surface area contributed by atoms with Crippen LogP contribution in [0, 0.1) is 0 Å². The summed E-state index contributed by atoms with van der Waals surface area (Å²) < 4.78 is 20.1. The van der Waals surface area contributed by atoms with Gasteiger partial charge in [0.15, 0.2) is 5.67 Å². The number of hydrogen-bond donors (Lipinski definition) is 2. The third kappa shape index (κ3) is 3.90. The molecule has 1 aliphatic carbocycles. The molecule has 1 heterocycles. The minimum Gasteiger partial charge on any atom is -0.459 e. The molecule has 0 saturated heterocycles. The molecule has 1 aromatic carbocycles. The molecule has 5 nitrogen and oxygen atoms in total. The zero-order valence-electron chi connectivity index (χ0n) is 15.7. The van der Waals surface area contributed by atoms with Crippen LogP contribution in [0.15, 0.2) is 18.2 Å². The van der Waals surface area contributed by atoms with Crippen LogP contribution in [0.5, 0.6) is 0 Å². The summed E-state index contributed by atoms with van der Waals surface area (Å²) >= 11 is 0. The van der Waals surface area contributed by atoms with Crippen molar-refractivity contribution < 1.29 is 18.7 Å². The number of hydrogen-bond acceptors (Lipinski definition) is 4. The number of esters is 1. The fraction of sp³-hybridized carbons (Fsp3) is 0.600. The van der Waals surface area contributed by atoms with Crippen LogP contribution in [-0.4, -0.2) is 36.2 Å². The molecular formula is C20H27FN2O3. The Morgan fingerprint density at radius 2 is 2.19 bits per heavy atom. The summed E-state index contributed by atoms with van der Waals surface area (Å²) in [6, 6.07) is 5.83. The zero-order chi connectivity index (χ0) is 18.9. The van der Waals surface area contributed by atoms with E-state index in [0.717, 1.165) is 23.2 Å². The van der Waals surface area contributed by atoms with Gasteiger partial charge in [-0.1, -0.05) is 12.1 Å². The average Bonchev–Trinajstić information content (AvgIpc) is 2.94. The van der Waals surface area contributed by atoms with Crippen LogP contribution >= 0.6 is 0 Å². The number of nitrogens with one attached hydrogen (secondary N) is 2. The molecule has 2 aliphatic rings. The van der Waals surface area contributed by atoms with E-state index in [1.54, 1.807) is 0 Å². The van der Waals surface area contributed by atoms with Gasteiger partial charge in [0.1, 0.15) is 5.60 Å². The predicted octanol–water partition coefficient (Wildman–Crippen LogP) is 3.09. The van der Waals surface area contributed by atoms with Gasteiger partial charge in [-0.05, 0) is 70.2 Å². The Morgan fingerprint density at radius 1 is 1.42 bits per heavy atom. The molecular weight excluding hydrogens is 335 g/mol. The maximum atomic E-state index is 14.9. The monoisotopic (exact) mass is 362 g/mol. The smallest absolute Gasteiger partial charge is 0.320 e. The van der Waals surface area contributed by atoms with Gasteiger partial charge in [0.2, 0.25) is 0 Å². The summed E-state index contributed by atoms with van der Waals surface area (Å²) in [4.78, 5) is 23.8. The molecule has 1 fully saturated rings. The van der Waals surface area contributed by atoms with Gasteiger partial charge in [-0.25, -0.2) is 4.39 Å². The van der Waals surface area contributed by atoms with Gasteiger partial charge < -0.3 is 15.4 Å². The third-order valence-corrected chi connectivity index (χ3v) is 4.98. The van der Waals surface area contributed by atoms with E-state index >= 15 is 0 Å². The number of alkyl halides is 1. The number of carbonyl (C=O) groups is 2. The first kappa shape index (κ1) is 18.8. The van der Waals surface area contributed by atoms with Crippen molar-refractivity contribution in [3.05, 3.63) is 29.3 Å². The number of benzene rings is 1. The number of halogens is 1. The zero-order valence-corrected chi connectivity index (χ0v) is 15.7. The molecule has 0 radical (unpaired) electrons. The van der Waals surface area contributed by atoms with Gasteiger partial charge in [-0.3, -0.25) is 9.59 Å². The predicted molar refractivity (Wildman–Crippen MR) is 97.9 cm³/mol. The molecule has 3 rings (SSSR count). The minimum absolute atomic E-state index is 0.158. The van der Waals surface area contributed by atoms with E-state index in [1.165, 1.54) is 0 Å². The summed E-state index contributed by atoms with van der Waals surface area (Å²) in [5, 5.41) is 5.80. The van der Waals surface area contributed by atoms with Crippen molar-refractivity contribution in [1.82, 2.24) is 5.32 Å². The van der Waals surface area contributed by atoms with E-state index < -0.39 is 17.2 Å². The highest BCUT2D eigenvalue weighted by molar-refractivity contribution is 6.01. The Balaban J connectivity index is 1.56. The van der Waals surface area contributed by atoms with Crippen molar-refractivity contribution in [3.63, 3.8) is 0 Å². The molecule has 6 heteroatoms. The van der Waals surface area contributed by atoms with Gasteiger partial charge in [0.05, 0.1) is 6.54 Å². The van der Waals surface area contributed by atoms with Crippen molar-refractivity contribution in [3.8, 4) is 0 Å². The molecule has 1 aliphatic heterocycles. The Morgan fingerprint density at radius 3 is 2.92 bits per heavy atom. The fourth-order valence-electron chi connectivity index (χ4n) is 3.84. The highest BCUT2D eigenvalue weighted by atomic mass is 19.1. The molecule has 1 amide bonds. The minimum atomic E-state index is -1.75. The first-order valence-corrected chi connectivity index (χ1v) is 9.25. The number of amides is 1. The summed E-state index contributed by atoms with van der Waals surface area (Å²) in [6.45, 7) is 6.28. The second-order valence-corrected chi connectivity index (χ2v) is 8.20. The molecule has 2 N–H and O–H groups in total. The quantitative estimate of drug-likeness (QED) is 0.624. The van der Waals surface area contributed by atoms with E-state index in [4.69, 9.17) is 4.74 Å². The average molecular weight is 362 g/mol. The van der Waals surface area contributed by atoms with E-state index in [2.05, 4.69) is 10.6 Å². The molecule has 142 valence electrons. The van der Waals surface area contributed by atoms with Crippen molar-refractivity contribution in [2.45, 2.75) is 63.6 Å². The molecule has 26 heavy (non-hydrogen) atoms. The van der Waals surface area contributed by atoms with Crippen LogP contribution in [-0.2, 0) is 20.7 Å². The van der Waals surface area contributed by atoms with Gasteiger partial charge >= 0.3 is 5.97 Å². The van der Waals surface area contributed by atoms with Crippen molar-refractivity contribution >= 4 is 17.6 Å². The Hall–Kier alpha value is -1.95. The normalized spacial score (nSPS) is 24.6. The molecule has 0 bridgehead atoms. The maximum Gasteiger partial charge on any atom is 0.320 e. The Labute approximate surface area is 153 Å². The second-order valence-electron chi connectivity index (χ2n) is 8.20. The van der Waals surface area contributed by atoms with Crippen LogP contribution in [0.3, 0.4) is 0 Å². The lowest BCUT2D eigenvalue weighted by atomic mass is 9.81. The summed E-state index contributed by atoms with van der Waals surface area (Å²) in [7, 11) is 0. The van der Waals surface area contributed by atoms with Gasteiger partial charge in [-0.2, -0.15) is 0 Å².